The van der Waals surface area contributed by atoms with Crippen LogP contribution in [-0.2, 0) is 0 Å². The highest BCUT2D eigenvalue weighted by molar-refractivity contribution is 6.30. The fourth-order valence-corrected chi connectivity index (χ4v) is 2.30. The monoisotopic (exact) mass is 262 g/mol. The summed E-state index contributed by atoms with van der Waals surface area (Å²) in [5, 5.41) is 20.9. The molecule has 3 rings (SSSR count). The first-order chi connectivity index (χ1) is 8.66. The molecule has 0 aromatic heterocycles. The van der Waals surface area contributed by atoms with Gasteiger partial charge in [0.25, 0.3) is 0 Å². The van der Waals surface area contributed by atoms with Gasteiger partial charge in [-0.15, -0.1) is 0 Å². The van der Waals surface area contributed by atoms with Crippen molar-refractivity contribution < 1.29 is 14.9 Å². The van der Waals surface area contributed by atoms with Crippen LogP contribution in [0.1, 0.15) is 23.3 Å². The predicted molar refractivity (Wildman–Crippen MR) is 67.9 cm³/mol. The third-order valence-electron chi connectivity index (χ3n) is 3.05. The van der Waals surface area contributed by atoms with Gasteiger partial charge in [-0.05, 0) is 24.3 Å². The summed E-state index contributed by atoms with van der Waals surface area (Å²) in [5.74, 6) is 1.06. The molecule has 2 aromatic rings. The van der Waals surface area contributed by atoms with E-state index in [1.165, 1.54) is 0 Å². The van der Waals surface area contributed by atoms with Crippen molar-refractivity contribution in [3.8, 4) is 11.5 Å². The quantitative estimate of drug-likeness (QED) is 0.766. The van der Waals surface area contributed by atoms with Gasteiger partial charge in [-0.2, -0.15) is 0 Å². The molecule has 0 radical (unpaired) electrons. The maximum atomic E-state index is 10.2. The summed E-state index contributed by atoms with van der Waals surface area (Å²) in [6.07, 6.45) is -2.08. The lowest BCUT2D eigenvalue weighted by molar-refractivity contribution is 0.0184. The molecule has 18 heavy (non-hydrogen) atoms. The van der Waals surface area contributed by atoms with Crippen molar-refractivity contribution in [3.05, 3.63) is 58.6 Å². The van der Waals surface area contributed by atoms with E-state index < -0.39 is 12.2 Å². The number of aliphatic hydroxyl groups is 2. The largest absolute Gasteiger partial charge is 0.457 e. The summed E-state index contributed by atoms with van der Waals surface area (Å²) >= 11 is 5.91. The number of hydrogen-bond acceptors (Lipinski definition) is 3. The first kappa shape index (κ1) is 11.5. The summed E-state index contributed by atoms with van der Waals surface area (Å²) < 4.78 is 5.72. The van der Waals surface area contributed by atoms with Crippen molar-refractivity contribution >= 4 is 11.6 Å². The molecule has 0 spiro atoms. The van der Waals surface area contributed by atoms with E-state index >= 15 is 0 Å². The van der Waals surface area contributed by atoms with Crippen LogP contribution in [0.25, 0.3) is 0 Å². The molecule has 0 aliphatic carbocycles. The molecule has 2 N–H and O–H groups in total. The second kappa shape index (κ2) is 4.28. The average Bonchev–Trinajstić information content (AvgIpc) is 2.48. The number of fused-ring (bicyclic) bond motifs is 2. The van der Waals surface area contributed by atoms with Gasteiger partial charge in [0.05, 0.1) is 0 Å². The van der Waals surface area contributed by atoms with Crippen molar-refractivity contribution in [2.24, 2.45) is 0 Å². The predicted octanol–water partition coefficient (Wildman–Crippen LogP) is 3.21. The summed E-state index contributed by atoms with van der Waals surface area (Å²) in [5.41, 5.74) is 1.06. The van der Waals surface area contributed by atoms with Crippen molar-refractivity contribution in [2.75, 3.05) is 0 Å². The van der Waals surface area contributed by atoms with Crippen molar-refractivity contribution in [2.45, 2.75) is 12.2 Å². The van der Waals surface area contributed by atoms with Crippen LogP contribution in [0.5, 0.6) is 11.5 Å². The number of rotatable bonds is 0. The molecule has 2 atom stereocenters. The summed E-state index contributed by atoms with van der Waals surface area (Å²) in [6, 6.07) is 12.1. The molecule has 3 nitrogen and oxygen atoms in total. The number of aliphatic hydroxyl groups excluding tert-OH is 2. The van der Waals surface area contributed by atoms with Crippen LogP contribution in [0.15, 0.2) is 42.5 Å². The van der Waals surface area contributed by atoms with E-state index in [1.807, 2.05) is 6.07 Å². The SMILES string of the molecule is O[C@@H]1c2ccccc2Oc2ccc(Cl)cc2[C@H]1O. The fourth-order valence-electron chi connectivity index (χ4n) is 2.12. The Bertz CT molecular complexity index is 597. The molecule has 4 heteroatoms. The Balaban J connectivity index is 2.20. The molecule has 0 amide bonds. The van der Waals surface area contributed by atoms with Crippen LogP contribution in [0.2, 0.25) is 5.02 Å². The van der Waals surface area contributed by atoms with E-state index in [9.17, 15) is 10.2 Å². The Labute approximate surface area is 109 Å². The number of halogens is 1. The minimum absolute atomic E-state index is 0.492. The van der Waals surface area contributed by atoms with Crippen molar-refractivity contribution in [1.29, 1.82) is 0 Å². The van der Waals surface area contributed by atoms with Crippen molar-refractivity contribution in [3.63, 3.8) is 0 Å². The van der Waals surface area contributed by atoms with Crippen LogP contribution >= 0.6 is 11.6 Å². The summed E-state index contributed by atoms with van der Waals surface area (Å²) in [7, 11) is 0. The van der Waals surface area contributed by atoms with Crippen LogP contribution in [-0.4, -0.2) is 10.2 Å². The average molecular weight is 263 g/mol. The number of hydrogen-bond donors (Lipinski definition) is 2. The van der Waals surface area contributed by atoms with E-state index in [-0.39, 0.29) is 0 Å². The van der Waals surface area contributed by atoms with Gasteiger partial charge in [-0.25, -0.2) is 0 Å². The van der Waals surface area contributed by atoms with Gasteiger partial charge in [0, 0.05) is 16.1 Å². The zero-order chi connectivity index (χ0) is 12.7. The number of para-hydroxylation sites is 1. The summed E-state index contributed by atoms with van der Waals surface area (Å²) in [4.78, 5) is 0. The highest BCUT2D eigenvalue weighted by Crippen LogP contribution is 2.44. The number of ether oxygens (including phenoxy) is 1. The lowest BCUT2D eigenvalue weighted by Gasteiger charge is -2.16. The van der Waals surface area contributed by atoms with Gasteiger partial charge in [-0.3, -0.25) is 0 Å². The Morgan fingerprint density at radius 1 is 0.889 bits per heavy atom. The number of benzene rings is 2. The minimum Gasteiger partial charge on any atom is -0.457 e. The van der Waals surface area contributed by atoms with Gasteiger partial charge in [0.2, 0.25) is 0 Å². The molecule has 0 saturated heterocycles. The van der Waals surface area contributed by atoms with Crippen LogP contribution in [0.4, 0.5) is 0 Å². The Morgan fingerprint density at radius 2 is 1.56 bits per heavy atom. The third kappa shape index (κ3) is 1.77. The highest BCUT2D eigenvalue weighted by Gasteiger charge is 2.29. The summed E-state index contributed by atoms with van der Waals surface area (Å²) in [6.45, 7) is 0. The zero-order valence-corrected chi connectivity index (χ0v) is 10.1. The molecule has 0 unspecified atom stereocenters. The molecule has 1 aliphatic rings. The molecule has 1 aliphatic heterocycles. The maximum Gasteiger partial charge on any atom is 0.133 e. The molecular formula is C14H11ClO3. The van der Waals surface area contributed by atoms with E-state index in [2.05, 4.69) is 0 Å². The van der Waals surface area contributed by atoms with E-state index in [0.717, 1.165) is 0 Å². The second-order valence-corrected chi connectivity index (χ2v) is 4.65. The lowest BCUT2D eigenvalue weighted by Crippen LogP contribution is -2.08. The standard InChI is InChI=1S/C14H11ClO3/c15-8-5-6-12-10(7-8)14(17)13(16)9-3-1-2-4-11(9)18-12/h1-7,13-14,16-17H/t13-,14-/m1/s1. The smallest absolute Gasteiger partial charge is 0.133 e. The van der Waals surface area contributed by atoms with E-state index in [4.69, 9.17) is 16.3 Å². The molecule has 0 fully saturated rings. The van der Waals surface area contributed by atoms with Gasteiger partial charge >= 0.3 is 0 Å². The Hall–Kier alpha value is -1.55. The van der Waals surface area contributed by atoms with Gasteiger partial charge in [-0.1, -0.05) is 29.8 Å². The Kier molecular flexibility index (Phi) is 2.74. The zero-order valence-electron chi connectivity index (χ0n) is 9.38. The van der Waals surface area contributed by atoms with E-state index in [0.29, 0.717) is 27.6 Å². The van der Waals surface area contributed by atoms with Gasteiger partial charge in [0.15, 0.2) is 0 Å². The van der Waals surface area contributed by atoms with E-state index in [1.54, 1.807) is 36.4 Å². The molecule has 0 bridgehead atoms. The first-order valence-corrected chi connectivity index (χ1v) is 5.97. The maximum absolute atomic E-state index is 10.2. The van der Waals surface area contributed by atoms with Crippen molar-refractivity contribution in [1.82, 2.24) is 0 Å². The van der Waals surface area contributed by atoms with Gasteiger partial charge in [0.1, 0.15) is 23.7 Å². The molecule has 2 aromatic carbocycles. The molecular weight excluding hydrogens is 252 g/mol. The molecule has 1 heterocycles. The minimum atomic E-state index is -1.05. The van der Waals surface area contributed by atoms with Crippen LogP contribution in [0.3, 0.4) is 0 Å². The molecule has 0 saturated carbocycles. The highest BCUT2D eigenvalue weighted by atomic mass is 35.5. The Morgan fingerprint density at radius 3 is 2.39 bits per heavy atom. The van der Waals surface area contributed by atoms with Crippen LogP contribution in [0, 0.1) is 0 Å². The first-order valence-electron chi connectivity index (χ1n) is 5.59. The van der Waals surface area contributed by atoms with Crippen LogP contribution < -0.4 is 4.74 Å². The molecule has 92 valence electrons. The normalized spacial score (nSPS) is 21.5. The lowest BCUT2D eigenvalue weighted by atomic mass is 9.98. The van der Waals surface area contributed by atoms with Gasteiger partial charge < -0.3 is 14.9 Å². The third-order valence-corrected chi connectivity index (χ3v) is 3.28. The topological polar surface area (TPSA) is 49.7 Å². The fraction of sp³-hybridized carbons (Fsp3) is 0.143. The second-order valence-electron chi connectivity index (χ2n) is 4.21.